The highest BCUT2D eigenvalue weighted by molar-refractivity contribution is 7.89. The zero-order chi connectivity index (χ0) is 17.9. The highest BCUT2D eigenvalue weighted by Crippen LogP contribution is 2.19. The highest BCUT2D eigenvalue weighted by Gasteiger charge is 2.25. The van der Waals surface area contributed by atoms with Gasteiger partial charge in [0.1, 0.15) is 5.82 Å². The van der Waals surface area contributed by atoms with E-state index in [2.05, 4.69) is 9.71 Å². The van der Waals surface area contributed by atoms with Gasteiger partial charge in [0.2, 0.25) is 5.91 Å². The Morgan fingerprint density at radius 3 is 2.58 bits per heavy atom. The van der Waals surface area contributed by atoms with Crippen LogP contribution in [0.5, 0.6) is 0 Å². The fraction of sp³-hybridized carbons (Fsp3) is 0.733. The molecule has 0 aliphatic carbocycles. The van der Waals surface area contributed by atoms with E-state index in [4.69, 9.17) is 5.73 Å². The van der Waals surface area contributed by atoms with Crippen LogP contribution in [0.1, 0.15) is 32.0 Å². The fourth-order valence-corrected chi connectivity index (χ4v) is 3.92. The number of piperidine rings is 1. The van der Waals surface area contributed by atoms with Crippen molar-refractivity contribution in [2.45, 2.75) is 44.2 Å². The van der Waals surface area contributed by atoms with Gasteiger partial charge in [-0.15, -0.1) is 0 Å². The summed E-state index contributed by atoms with van der Waals surface area (Å²) >= 11 is 0. The molecule has 1 unspecified atom stereocenters. The van der Waals surface area contributed by atoms with Gasteiger partial charge < -0.3 is 15.2 Å². The number of imidazole rings is 1. The first-order valence-corrected chi connectivity index (χ1v) is 9.72. The Balaban J connectivity index is 1.80. The number of carbonyl (C=O) groups excluding carboxylic acids is 1. The van der Waals surface area contributed by atoms with Crippen LogP contribution in [0.2, 0.25) is 0 Å². The topological polar surface area (TPSA) is 110 Å². The number of hydrogen-bond acceptors (Lipinski definition) is 5. The maximum Gasteiger partial charge on any atom is 0.259 e. The normalized spacial score (nSPS) is 17.9. The van der Waals surface area contributed by atoms with Gasteiger partial charge in [0, 0.05) is 45.3 Å². The molecule has 2 rings (SSSR count). The summed E-state index contributed by atoms with van der Waals surface area (Å²) in [5.74, 6) is 1.04. The standard InChI is InChI=1S/C15H27N5O3S/c1-11(16)13-5-8-20(9-6-13)15(21)4-7-17-24(22,23)14-10-19(3)12(2)18-14/h10-11,13,17H,4-9,16H2,1-3H3. The second-order valence-electron chi connectivity index (χ2n) is 6.46. The van der Waals surface area contributed by atoms with Crippen LogP contribution in [0, 0.1) is 12.8 Å². The third kappa shape index (κ3) is 4.55. The number of carbonyl (C=O) groups is 1. The lowest BCUT2D eigenvalue weighted by Crippen LogP contribution is -2.43. The lowest BCUT2D eigenvalue weighted by atomic mass is 9.91. The molecule has 0 saturated carbocycles. The molecular weight excluding hydrogens is 330 g/mol. The van der Waals surface area contributed by atoms with Crippen molar-refractivity contribution in [2.24, 2.45) is 18.7 Å². The zero-order valence-corrected chi connectivity index (χ0v) is 15.3. The molecule has 3 N–H and O–H groups in total. The Hall–Kier alpha value is -1.45. The fourth-order valence-electron chi connectivity index (χ4n) is 2.85. The van der Waals surface area contributed by atoms with Crippen LogP contribution in [-0.2, 0) is 21.9 Å². The van der Waals surface area contributed by atoms with E-state index in [0.29, 0.717) is 24.8 Å². The number of sulfonamides is 1. The van der Waals surface area contributed by atoms with Crippen LogP contribution in [0.15, 0.2) is 11.2 Å². The first-order chi connectivity index (χ1) is 11.2. The number of nitrogens with zero attached hydrogens (tertiary/aromatic N) is 3. The average molecular weight is 357 g/mol. The Morgan fingerprint density at radius 2 is 2.08 bits per heavy atom. The number of rotatable bonds is 6. The number of likely N-dealkylation sites (tertiary alicyclic amines) is 1. The Labute approximate surface area is 143 Å². The summed E-state index contributed by atoms with van der Waals surface area (Å²) in [5.41, 5.74) is 5.90. The van der Waals surface area contributed by atoms with E-state index in [0.717, 1.165) is 12.8 Å². The minimum Gasteiger partial charge on any atom is -0.343 e. The summed E-state index contributed by atoms with van der Waals surface area (Å²) in [5, 5.41) is -0.0207. The Kier molecular flexibility index (Phi) is 6.00. The van der Waals surface area contributed by atoms with Gasteiger partial charge in [-0.2, -0.15) is 0 Å². The molecule has 0 bridgehead atoms. The van der Waals surface area contributed by atoms with Crippen LogP contribution >= 0.6 is 0 Å². The Morgan fingerprint density at radius 1 is 1.46 bits per heavy atom. The third-order valence-electron chi connectivity index (χ3n) is 4.63. The van der Waals surface area contributed by atoms with Gasteiger partial charge in [0.05, 0.1) is 0 Å². The SMILES string of the molecule is Cc1nc(S(=O)(=O)NCCC(=O)N2CCC(C(C)N)CC2)cn1C. The molecule has 9 heteroatoms. The van der Waals surface area contributed by atoms with E-state index >= 15 is 0 Å². The van der Waals surface area contributed by atoms with E-state index < -0.39 is 10.0 Å². The first-order valence-electron chi connectivity index (χ1n) is 8.23. The monoisotopic (exact) mass is 357 g/mol. The van der Waals surface area contributed by atoms with Crippen molar-refractivity contribution in [1.82, 2.24) is 19.2 Å². The molecule has 1 amide bonds. The molecular formula is C15H27N5O3S. The smallest absolute Gasteiger partial charge is 0.259 e. The summed E-state index contributed by atoms with van der Waals surface area (Å²) in [6, 6.07) is 0.149. The van der Waals surface area contributed by atoms with Gasteiger partial charge in [0.25, 0.3) is 10.0 Å². The maximum absolute atomic E-state index is 12.2. The van der Waals surface area contributed by atoms with Gasteiger partial charge in [-0.3, -0.25) is 4.79 Å². The molecule has 1 aliphatic heterocycles. The van der Waals surface area contributed by atoms with E-state index in [1.165, 1.54) is 6.20 Å². The summed E-state index contributed by atoms with van der Waals surface area (Å²) < 4.78 is 28.4. The summed E-state index contributed by atoms with van der Waals surface area (Å²) in [7, 11) is -1.94. The van der Waals surface area contributed by atoms with E-state index in [1.54, 1.807) is 23.4 Å². The highest BCUT2D eigenvalue weighted by atomic mass is 32.2. The predicted molar refractivity (Wildman–Crippen MR) is 90.7 cm³/mol. The van der Waals surface area contributed by atoms with Crippen molar-refractivity contribution in [3.05, 3.63) is 12.0 Å². The second kappa shape index (κ2) is 7.62. The molecule has 0 radical (unpaired) electrons. The minimum absolute atomic E-state index is 0.0207. The largest absolute Gasteiger partial charge is 0.343 e. The molecule has 1 aromatic heterocycles. The second-order valence-corrected chi connectivity index (χ2v) is 8.18. The van der Waals surface area contributed by atoms with Crippen molar-refractivity contribution in [2.75, 3.05) is 19.6 Å². The molecule has 24 heavy (non-hydrogen) atoms. The molecule has 1 saturated heterocycles. The molecule has 1 aliphatic rings. The predicted octanol–water partition coefficient (Wildman–Crippen LogP) is -0.0173. The molecule has 8 nitrogen and oxygen atoms in total. The molecule has 1 fully saturated rings. The number of hydrogen-bond donors (Lipinski definition) is 2. The maximum atomic E-state index is 12.2. The van der Waals surface area contributed by atoms with E-state index in [9.17, 15) is 13.2 Å². The lowest BCUT2D eigenvalue weighted by molar-refractivity contribution is -0.132. The van der Waals surface area contributed by atoms with Crippen molar-refractivity contribution >= 4 is 15.9 Å². The Bertz CT molecular complexity index is 656. The molecule has 0 spiro atoms. The van der Waals surface area contributed by atoms with Crippen LogP contribution in [-0.4, -0.2) is 54.5 Å². The van der Waals surface area contributed by atoms with E-state index in [-0.39, 0.29) is 29.9 Å². The number of aryl methyl sites for hydroxylation is 2. The van der Waals surface area contributed by atoms with Crippen molar-refractivity contribution < 1.29 is 13.2 Å². The number of nitrogens with two attached hydrogens (primary N) is 1. The van der Waals surface area contributed by atoms with E-state index in [1.807, 2.05) is 6.92 Å². The van der Waals surface area contributed by atoms with Crippen molar-refractivity contribution in [3.63, 3.8) is 0 Å². The van der Waals surface area contributed by atoms with Crippen LogP contribution < -0.4 is 10.5 Å². The molecule has 0 aromatic carbocycles. The van der Waals surface area contributed by atoms with Crippen molar-refractivity contribution in [1.29, 1.82) is 0 Å². The van der Waals surface area contributed by atoms with Crippen LogP contribution in [0.4, 0.5) is 0 Å². The van der Waals surface area contributed by atoms with Crippen LogP contribution in [0.3, 0.4) is 0 Å². The third-order valence-corrected chi connectivity index (χ3v) is 5.96. The minimum atomic E-state index is -3.68. The van der Waals surface area contributed by atoms with Gasteiger partial charge in [-0.25, -0.2) is 18.1 Å². The zero-order valence-electron chi connectivity index (χ0n) is 14.5. The van der Waals surface area contributed by atoms with Crippen molar-refractivity contribution in [3.8, 4) is 0 Å². The molecule has 1 aromatic rings. The number of amides is 1. The molecule has 1 atom stereocenters. The van der Waals surface area contributed by atoms with Gasteiger partial charge >= 0.3 is 0 Å². The average Bonchev–Trinajstić information content (AvgIpc) is 2.87. The molecule has 2 heterocycles. The molecule has 136 valence electrons. The van der Waals surface area contributed by atoms with Gasteiger partial charge in [-0.05, 0) is 32.6 Å². The summed E-state index contributed by atoms with van der Waals surface area (Å²) in [6.07, 6.45) is 3.41. The summed E-state index contributed by atoms with van der Waals surface area (Å²) in [4.78, 5) is 18.0. The first kappa shape index (κ1) is 18.9. The van der Waals surface area contributed by atoms with Gasteiger partial charge in [-0.1, -0.05) is 0 Å². The quantitative estimate of drug-likeness (QED) is 0.743. The van der Waals surface area contributed by atoms with Gasteiger partial charge in [0.15, 0.2) is 5.03 Å². The summed E-state index contributed by atoms with van der Waals surface area (Å²) in [6.45, 7) is 5.18. The lowest BCUT2D eigenvalue weighted by Gasteiger charge is -2.33. The number of nitrogens with one attached hydrogen (secondary N) is 1. The number of aromatic nitrogens is 2. The van der Waals surface area contributed by atoms with Crippen LogP contribution in [0.25, 0.3) is 0 Å².